The van der Waals surface area contributed by atoms with Crippen molar-refractivity contribution in [1.29, 1.82) is 0 Å². The van der Waals surface area contributed by atoms with Crippen LogP contribution in [0.3, 0.4) is 0 Å². The lowest BCUT2D eigenvalue weighted by Crippen LogP contribution is -2.22. The van der Waals surface area contributed by atoms with Gasteiger partial charge in [-0.15, -0.1) is 0 Å². The van der Waals surface area contributed by atoms with Crippen LogP contribution in [0.4, 0.5) is 0 Å². The van der Waals surface area contributed by atoms with E-state index in [0.29, 0.717) is 0 Å². The number of carbonyl (C=O) groups is 1. The fourth-order valence-corrected chi connectivity index (χ4v) is 1.27. The van der Waals surface area contributed by atoms with Crippen LogP contribution in [0.25, 0.3) is 0 Å². The number of ether oxygens (including phenoxy) is 1. The smallest absolute Gasteiger partial charge is 0.339 e. The molecule has 0 aliphatic carbocycles. The number of aliphatic hydroxyl groups excluding tert-OH is 3. The summed E-state index contributed by atoms with van der Waals surface area (Å²) in [6.07, 6.45) is 0.0161. The van der Waals surface area contributed by atoms with Crippen LogP contribution >= 0.6 is 0 Å². The summed E-state index contributed by atoms with van der Waals surface area (Å²) in [7, 11) is 0. The Balaban J connectivity index is 2.89. The lowest BCUT2D eigenvalue weighted by molar-refractivity contribution is -0.0154. The van der Waals surface area contributed by atoms with Crippen LogP contribution in [0.2, 0.25) is 0 Å². The van der Waals surface area contributed by atoms with E-state index in [1.165, 1.54) is 18.5 Å². The van der Waals surface area contributed by atoms with Crippen molar-refractivity contribution in [2.24, 2.45) is 0 Å². The molecule has 6 heteroatoms. The highest BCUT2D eigenvalue weighted by atomic mass is 16.5. The molecule has 3 N–H and O–H groups in total. The number of carbonyl (C=O) groups excluding carboxylic acids is 1. The second-order valence-electron chi connectivity index (χ2n) is 3.42. The molecule has 0 amide bonds. The predicted molar refractivity (Wildman–Crippen MR) is 58.2 cm³/mol. The van der Waals surface area contributed by atoms with Crippen molar-refractivity contribution in [2.75, 3.05) is 13.2 Å². The lowest BCUT2D eigenvalue weighted by atomic mass is 10.1. The maximum atomic E-state index is 11.4. The third kappa shape index (κ3) is 3.48. The van der Waals surface area contributed by atoms with Crippen molar-refractivity contribution in [1.82, 2.24) is 4.98 Å². The van der Waals surface area contributed by atoms with Crippen LogP contribution in [0.15, 0.2) is 18.5 Å². The molecule has 0 aliphatic heterocycles. The molecule has 0 fully saturated rings. The average Bonchev–Trinajstić information content (AvgIpc) is 2.37. The molecular weight excluding hydrogens is 226 g/mol. The van der Waals surface area contributed by atoms with E-state index in [2.05, 4.69) is 4.98 Å². The van der Waals surface area contributed by atoms with E-state index < -0.39 is 24.8 Å². The van der Waals surface area contributed by atoms with Gasteiger partial charge < -0.3 is 20.1 Å². The molecule has 17 heavy (non-hydrogen) atoms. The molecule has 0 aliphatic rings. The number of aromatic nitrogens is 1. The highest BCUT2D eigenvalue weighted by Gasteiger charge is 2.19. The topological polar surface area (TPSA) is 99.9 Å². The molecule has 0 saturated carbocycles. The minimum absolute atomic E-state index is 0.188. The molecule has 0 radical (unpaired) electrons. The zero-order valence-electron chi connectivity index (χ0n) is 9.41. The Labute approximate surface area is 98.5 Å². The first-order chi connectivity index (χ1) is 8.10. The fraction of sp³-hybridized carbons (Fsp3) is 0.455. The molecular formula is C11H15NO5. The largest absolute Gasteiger partial charge is 0.462 e. The summed E-state index contributed by atoms with van der Waals surface area (Å²) >= 11 is 0. The molecule has 0 spiro atoms. The summed E-state index contributed by atoms with van der Waals surface area (Å²) in [6, 6.07) is 1.37. The standard InChI is InChI=1S/C11H15NO5/c1-2-17-11(16)8-3-7(4-12-5-8)10(15)9(14)6-13/h3-5,9-10,13-15H,2,6H2,1H3. The van der Waals surface area contributed by atoms with Gasteiger partial charge in [-0.1, -0.05) is 0 Å². The van der Waals surface area contributed by atoms with Gasteiger partial charge in [0.2, 0.25) is 0 Å². The quantitative estimate of drug-likeness (QED) is 0.609. The molecule has 0 bridgehead atoms. The molecule has 0 aromatic carbocycles. The maximum absolute atomic E-state index is 11.4. The zero-order chi connectivity index (χ0) is 12.8. The van der Waals surface area contributed by atoms with Crippen molar-refractivity contribution in [3.63, 3.8) is 0 Å². The summed E-state index contributed by atoms with van der Waals surface area (Å²) in [5.74, 6) is -0.549. The van der Waals surface area contributed by atoms with Gasteiger partial charge in [0.15, 0.2) is 0 Å². The van der Waals surface area contributed by atoms with E-state index in [1.54, 1.807) is 6.92 Å². The van der Waals surface area contributed by atoms with E-state index in [1.807, 2.05) is 0 Å². The van der Waals surface area contributed by atoms with Crippen molar-refractivity contribution < 1.29 is 24.9 Å². The third-order valence-electron chi connectivity index (χ3n) is 2.16. The second-order valence-corrected chi connectivity index (χ2v) is 3.42. The van der Waals surface area contributed by atoms with Crippen LogP contribution in [0, 0.1) is 0 Å². The Bertz CT molecular complexity index is 382. The number of nitrogens with zero attached hydrogens (tertiary/aromatic N) is 1. The SMILES string of the molecule is CCOC(=O)c1cncc(C(O)C(O)CO)c1. The van der Waals surface area contributed by atoms with Crippen LogP contribution in [-0.2, 0) is 4.74 Å². The summed E-state index contributed by atoms with van der Waals surface area (Å²) in [5, 5.41) is 27.6. The Kier molecular flexibility index (Phi) is 5.02. The van der Waals surface area contributed by atoms with Crippen LogP contribution in [0.1, 0.15) is 28.9 Å². The highest BCUT2D eigenvalue weighted by Crippen LogP contribution is 2.17. The van der Waals surface area contributed by atoms with Gasteiger partial charge >= 0.3 is 5.97 Å². The van der Waals surface area contributed by atoms with Gasteiger partial charge in [-0.05, 0) is 13.0 Å². The van der Waals surface area contributed by atoms with Gasteiger partial charge in [0, 0.05) is 18.0 Å². The van der Waals surface area contributed by atoms with E-state index in [9.17, 15) is 15.0 Å². The Hall–Kier alpha value is -1.50. The molecule has 94 valence electrons. The number of hydrogen-bond acceptors (Lipinski definition) is 6. The van der Waals surface area contributed by atoms with E-state index >= 15 is 0 Å². The second kappa shape index (κ2) is 6.29. The molecule has 1 heterocycles. The van der Waals surface area contributed by atoms with Gasteiger partial charge in [-0.3, -0.25) is 4.98 Å². The van der Waals surface area contributed by atoms with Crippen LogP contribution in [-0.4, -0.2) is 45.6 Å². The minimum Gasteiger partial charge on any atom is -0.462 e. The molecule has 2 atom stereocenters. The van der Waals surface area contributed by atoms with Gasteiger partial charge in [0.25, 0.3) is 0 Å². The maximum Gasteiger partial charge on any atom is 0.339 e. The minimum atomic E-state index is -1.31. The Morgan fingerprint density at radius 3 is 2.76 bits per heavy atom. The first kappa shape index (κ1) is 13.6. The summed E-state index contributed by atoms with van der Waals surface area (Å²) in [5.41, 5.74) is 0.436. The van der Waals surface area contributed by atoms with E-state index in [4.69, 9.17) is 9.84 Å². The van der Waals surface area contributed by atoms with Gasteiger partial charge in [0.05, 0.1) is 18.8 Å². The van der Waals surface area contributed by atoms with Crippen molar-refractivity contribution in [3.05, 3.63) is 29.6 Å². The third-order valence-corrected chi connectivity index (χ3v) is 2.16. The summed E-state index contributed by atoms with van der Waals surface area (Å²) < 4.78 is 4.78. The van der Waals surface area contributed by atoms with E-state index in [-0.39, 0.29) is 17.7 Å². The highest BCUT2D eigenvalue weighted by molar-refractivity contribution is 5.89. The summed E-state index contributed by atoms with van der Waals surface area (Å²) in [4.78, 5) is 15.2. The number of hydrogen-bond donors (Lipinski definition) is 3. The first-order valence-corrected chi connectivity index (χ1v) is 5.19. The van der Waals surface area contributed by atoms with Gasteiger partial charge in [-0.25, -0.2) is 4.79 Å². The Morgan fingerprint density at radius 2 is 2.18 bits per heavy atom. The molecule has 1 aromatic heterocycles. The number of rotatable bonds is 5. The lowest BCUT2D eigenvalue weighted by Gasteiger charge is -2.15. The number of aliphatic hydroxyl groups is 3. The fourth-order valence-electron chi connectivity index (χ4n) is 1.27. The van der Waals surface area contributed by atoms with Crippen LogP contribution < -0.4 is 0 Å². The monoisotopic (exact) mass is 241 g/mol. The van der Waals surface area contributed by atoms with Crippen molar-refractivity contribution in [2.45, 2.75) is 19.1 Å². The molecule has 0 saturated heterocycles. The van der Waals surface area contributed by atoms with Crippen molar-refractivity contribution >= 4 is 5.97 Å². The number of esters is 1. The molecule has 2 unspecified atom stereocenters. The van der Waals surface area contributed by atoms with Crippen molar-refractivity contribution in [3.8, 4) is 0 Å². The van der Waals surface area contributed by atoms with Gasteiger partial charge in [0.1, 0.15) is 12.2 Å². The molecule has 1 rings (SSSR count). The predicted octanol–water partition coefficient (Wildman–Crippen LogP) is -0.355. The molecule has 1 aromatic rings. The number of pyridine rings is 1. The summed E-state index contributed by atoms with van der Waals surface area (Å²) in [6.45, 7) is 1.34. The first-order valence-electron chi connectivity index (χ1n) is 5.19. The van der Waals surface area contributed by atoms with E-state index in [0.717, 1.165) is 0 Å². The Morgan fingerprint density at radius 1 is 1.47 bits per heavy atom. The zero-order valence-corrected chi connectivity index (χ0v) is 9.41. The van der Waals surface area contributed by atoms with Crippen LogP contribution in [0.5, 0.6) is 0 Å². The normalized spacial score (nSPS) is 14.1. The molecule has 6 nitrogen and oxygen atoms in total. The average molecular weight is 241 g/mol. The van der Waals surface area contributed by atoms with Gasteiger partial charge in [-0.2, -0.15) is 0 Å².